The molecule has 0 atom stereocenters. The molecule has 0 heterocycles. The predicted octanol–water partition coefficient (Wildman–Crippen LogP) is 8.58. The van der Waals surface area contributed by atoms with Crippen LogP contribution in [0.15, 0.2) is 78.9 Å². The van der Waals surface area contributed by atoms with Crippen molar-refractivity contribution in [2.24, 2.45) is 0 Å². The summed E-state index contributed by atoms with van der Waals surface area (Å²) >= 11 is 0. The Morgan fingerprint density at radius 1 is 0.711 bits per heavy atom. The fraction of sp³-hybridized carbons (Fsp3) is 0.125. The zero-order valence-corrected chi connectivity index (χ0v) is 20.2. The number of alkyl halides is 3. The number of fused-ring (bicyclic) bond motifs is 1. The molecular formula is C32H20F6. The van der Waals surface area contributed by atoms with Crippen LogP contribution in [0.3, 0.4) is 0 Å². The number of hydrogen-bond acceptors (Lipinski definition) is 0. The fourth-order valence-corrected chi connectivity index (χ4v) is 3.84. The Bertz CT molecular complexity index is 1610. The first kappa shape index (κ1) is 26.6. The quantitative estimate of drug-likeness (QED) is 0.145. The van der Waals surface area contributed by atoms with Gasteiger partial charge in [-0.2, -0.15) is 13.2 Å². The van der Waals surface area contributed by atoms with E-state index in [-0.39, 0.29) is 16.5 Å². The first-order valence-electron chi connectivity index (χ1n) is 11.7. The maximum Gasteiger partial charge on any atom is 0.422 e. The van der Waals surface area contributed by atoms with Gasteiger partial charge in [0.25, 0.3) is 0 Å². The van der Waals surface area contributed by atoms with E-state index < -0.39 is 29.2 Å². The molecular weight excluding hydrogens is 498 g/mol. The van der Waals surface area contributed by atoms with E-state index in [1.807, 2.05) is 37.3 Å². The zero-order chi connectivity index (χ0) is 27.3. The molecule has 0 aromatic heterocycles. The lowest BCUT2D eigenvalue weighted by Crippen LogP contribution is -2.11. The van der Waals surface area contributed by atoms with E-state index >= 15 is 4.39 Å². The molecule has 0 nitrogen and oxygen atoms in total. The molecule has 0 fully saturated rings. The van der Waals surface area contributed by atoms with Gasteiger partial charge in [-0.15, -0.1) is 0 Å². The van der Waals surface area contributed by atoms with Crippen LogP contribution >= 0.6 is 0 Å². The lowest BCUT2D eigenvalue weighted by Gasteiger charge is -2.09. The molecule has 0 spiro atoms. The summed E-state index contributed by atoms with van der Waals surface area (Å²) in [5.74, 6) is 6.72. The highest BCUT2D eigenvalue weighted by molar-refractivity contribution is 5.86. The Labute approximate surface area is 216 Å². The first-order chi connectivity index (χ1) is 18.2. The van der Waals surface area contributed by atoms with Gasteiger partial charge < -0.3 is 0 Å². The zero-order valence-electron chi connectivity index (χ0n) is 20.2. The van der Waals surface area contributed by atoms with Crippen LogP contribution in [0.1, 0.15) is 46.7 Å². The van der Waals surface area contributed by atoms with Crippen molar-refractivity contribution in [2.45, 2.75) is 25.9 Å². The second-order valence-electron chi connectivity index (χ2n) is 8.48. The third kappa shape index (κ3) is 6.28. The summed E-state index contributed by atoms with van der Waals surface area (Å²) in [4.78, 5) is 0. The summed E-state index contributed by atoms with van der Waals surface area (Å²) in [6.07, 6.45) is 0.905. The van der Waals surface area contributed by atoms with Crippen LogP contribution in [-0.2, 0) is 12.6 Å². The van der Waals surface area contributed by atoms with E-state index in [2.05, 4.69) is 29.8 Å². The highest BCUT2D eigenvalue weighted by Gasteiger charge is 2.37. The Morgan fingerprint density at radius 2 is 1.34 bits per heavy atom. The van der Waals surface area contributed by atoms with Crippen LogP contribution < -0.4 is 0 Å². The number of allylic oxidation sites excluding steroid dienone is 2. The van der Waals surface area contributed by atoms with Crippen LogP contribution in [0.2, 0.25) is 0 Å². The highest BCUT2D eigenvalue weighted by Crippen LogP contribution is 2.34. The average molecular weight is 519 g/mol. The molecule has 0 aliphatic rings. The van der Waals surface area contributed by atoms with Crippen molar-refractivity contribution in [1.29, 1.82) is 0 Å². The van der Waals surface area contributed by atoms with Gasteiger partial charge in [0, 0.05) is 22.1 Å². The number of aryl methyl sites for hydroxylation is 1. The van der Waals surface area contributed by atoms with Crippen molar-refractivity contribution >= 4 is 10.8 Å². The minimum Gasteiger partial charge on any atom is -0.206 e. The monoisotopic (exact) mass is 518 g/mol. The third-order valence-electron chi connectivity index (χ3n) is 5.76. The van der Waals surface area contributed by atoms with Gasteiger partial charge in [-0.05, 0) is 73.2 Å². The van der Waals surface area contributed by atoms with E-state index in [0.717, 1.165) is 18.4 Å². The molecule has 0 saturated heterocycles. The Balaban J connectivity index is 1.55. The van der Waals surface area contributed by atoms with Gasteiger partial charge in [-0.3, -0.25) is 0 Å². The van der Waals surface area contributed by atoms with Crippen LogP contribution in [-0.4, -0.2) is 0 Å². The molecule has 4 aromatic rings. The van der Waals surface area contributed by atoms with Gasteiger partial charge in [0.1, 0.15) is 23.0 Å². The molecule has 190 valence electrons. The van der Waals surface area contributed by atoms with Crippen LogP contribution in [0.4, 0.5) is 26.3 Å². The molecule has 0 radical (unpaired) electrons. The highest BCUT2D eigenvalue weighted by atomic mass is 19.4. The molecule has 4 rings (SSSR count). The average Bonchev–Trinajstić information content (AvgIpc) is 2.87. The fourth-order valence-electron chi connectivity index (χ4n) is 3.84. The number of benzene rings is 4. The second-order valence-corrected chi connectivity index (χ2v) is 8.48. The van der Waals surface area contributed by atoms with Gasteiger partial charge in [-0.25, -0.2) is 13.2 Å². The molecule has 0 unspecified atom stereocenters. The summed E-state index contributed by atoms with van der Waals surface area (Å²) in [6, 6.07) is 16.9. The molecule has 0 aliphatic heterocycles. The third-order valence-corrected chi connectivity index (χ3v) is 5.76. The van der Waals surface area contributed by atoms with Crippen molar-refractivity contribution in [3.05, 3.63) is 130 Å². The normalized spacial score (nSPS) is 11.2. The molecule has 6 heteroatoms. The number of rotatable bonds is 3. The van der Waals surface area contributed by atoms with Crippen LogP contribution in [0.25, 0.3) is 10.8 Å². The van der Waals surface area contributed by atoms with Gasteiger partial charge in [0.2, 0.25) is 0 Å². The number of hydrogen-bond donors (Lipinski definition) is 0. The van der Waals surface area contributed by atoms with Crippen LogP contribution in [0, 0.1) is 41.1 Å². The molecule has 0 bridgehead atoms. The van der Waals surface area contributed by atoms with Crippen molar-refractivity contribution in [1.82, 2.24) is 0 Å². The van der Waals surface area contributed by atoms with E-state index in [1.165, 1.54) is 11.6 Å². The summed E-state index contributed by atoms with van der Waals surface area (Å²) < 4.78 is 80.8. The van der Waals surface area contributed by atoms with Crippen LogP contribution in [0.5, 0.6) is 0 Å². The predicted molar refractivity (Wildman–Crippen MR) is 137 cm³/mol. The lowest BCUT2D eigenvalue weighted by molar-refractivity contribution is -0.142. The summed E-state index contributed by atoms with van der Waals surface area (Å²) in [5.41, 5.74) is 0.366. The minimum absolute atomic E-state index is 0.0634. The SMILES string of the molecule is C/C=C/CCc1ccc(C#Cc2ccc3c(F)c(C#Cc4cc(F)c(C(F)(F)F)c(F)c4)ccc3c2)cc1. The van der Waals surface area contributed by atoms with E-state index in [1.54, 1.807) is 24.3 Å². The summed E-state index contributed by atoms with van der Waals surface area (Å²) in [6.45, 7) is 1.99. The molecule has 0 amide bonds. The molecule has 0 N–H and O–H groups in total. The van der Waals surface area contributed by atoms with Gasteiger partial charge in [0.05, 0.1) is 5.56 Å². The Morgan fingerprint density at radius 3 is 2.00 bits per heavy atom. The van der Waals surface area contributed by atoms with Gasteiger partial charge in [0.15, 0.2) is 0 Å². The molecule has 4 aromatic carbocycles. The van der Waals surface area contributed by atoms with Gasteiger partial charge in [-0.1, -0.05) is 60.1 Å². The minimum atomic E-state index is -5.18. The van der Waals surface area contributed by atoms with E-state index in [4.69, 9.17) is 0 Å². The summed E-state index contributed by atoms with van der Waals surface area (Å²) in [5, 5.41) is 0.836. The smallest absolute Gasteiger partial charge is 0.206 e. The topological polar surface area (TPSA) is 0 Å². The van der Waals surface area contributed by atoms with Crippen molar-refractivity contribution in [3.63, 3.8) is 0 Å². The van der Waals surface area contributed by atoms with E-state index in [9.17, 15) is 22.0 Å². The number of halogens is 6. The molecule has 0 saturated carbocycles. The largest absolute Gasteiger partial charge is 0.422 e. The standard InChI is InChI=1S/C32H20F6/c1-2-3-4-5-21-6-8-22(9-7-21)10-11-23-13-17-27-26(18-23)16-15-25(31(27)35)14-12-24-19-28(33)30(29(34)20-24)32(36,37)38/h2-3,6-9,13,15-20H,4-5H2,1H3/b3-2+. The molecule has 38 heavy (non-hydrogen) atoms. The lowest BCUT2D eigenvalue weighted by atomic mass is 10.0. The first-order valence-corrected chi connectivity index (χ1v) is 11.7. The maximum absolute atomic E-state index is 15.0. The van der Waals surface area contributed by atoms with Crippen molar-refractivity contribution in [2.75, 3.05) is 0 Å². The second kappa shape index (κ2) is 11.3. The molecule has 0 aliphatic carbocycles. The van der Waals surface area contributed by atoms with Crippen molar-refractivity contribution < 1.29 is 26.3 Å². The Hall–Kier alpha value is -4.42. The summed E-state index contributed by atoms with van der Waals surface area (Å²) in [7, 11) is 0. The maximum atomic E-state index is 15.0. The van der Waals surface area contributed by atoms with Crippen molar-refractivity contribution in [3.8, 4) is 23.7 Å². The van der Waals surface area contributed by atoms with E-state index in [0.29, 0.717) is 23.1 Å². The Kier molecular flexibility index (Phi) is 7.93. The van der Waals surface area contributed by atoms with Gasteiger partial charge >= 0.3 is 6.18 Å².